The summed E-state index contributed by atoms with van der Waals surface area (Å²) in [4.78, 5) is 0. The van der Waals surface area contributed by atoms with Gasteiger partial charge in [-0.25, -0.2) is 4.39 Å². The highest BCUT2D eigenvalue weighted by Gasteiger charge is 2.06. The van der Waals surface area contributed by atoms with E-state index in [1.54, 1.807) is 13.0 Å². The smallest absolute Gasteiger partial charge is 0.128 e. The van der Waals surface area contributed by atoms with E-state index in [9.17, 15) is 4.39 Å². The summed E-state index contributed by atoms with van der Waals surface area (Å²) < 4.78 is 15.0. The highest BCUT2D eigenvalue weighted by atomic mass is 19.1. The van der Waals surface area contributed by atoms with Crippen LogP contribution in [0.3, 0.4) is 0 Å². The van der Waals surface area contributed by atoms with E-state index in [0.717, 1.165) is 10.9 Å². The third-order valence-electron chi connectivity index (χ3n) is 2.31. The zero-order valence-electron chi connectivity index (χ0n) is 7.42. The standard InChI is InChI=1S/C10H11FN2/c1-7-9(11)3-2-8-4-5-13(6-12)10(7)8/h2-5H,6,12H2,1H3. The summed E-state index contributed by atoms with van der Waals surface area (Å²) in [5, 5.41) is 1.03. The Morgan fingerprint density at radius 2 is 2.15 bits per heavy atom. The van der Waals surface area contributed by atoms with Crippen LogP contribution in [0, 0.1) is 12.7 Å². The van der Waals surface area contributed by atoms with E-state index in [2.05, 4.69) is 0 Å². The molecule has 0 unspecified atom stereocenters. The fourth-order valence-corrected chi connectivity index (χ4v) is 1.61. The van der Waals surface area contributed by atoms with Crippen molar-refractivity contribution >= 4 is 10.9 Å². The predicted molar refractivity (Wildman–Crippen MR) is 50.8 cm³/mol. The maximum atomic E-state index is 13.2. The van der Waals surface area contributed by atoms with Crippen LogP contribution in [0.5, 0.6) is 0 Å². The van der Waals surface area contributed by atoms with Crippen LogP contribution in [0.4, 0.5) is 4.39 Å². The Kier molecular flexibility index (Phi) is 1.81. The van der Waals surface area contributed by atoms with Crippen molar-refractivity contribution in [2.45, 2.75) is 13.6 Å². The molecule has 0 radical (unpaired) electrons. The molecular formula is C10H11FN2. The number of aromatic nitrogens is 1. The van der Waals surface area contributed by atoms with E-state index in [1.165, 1.54) is 6.07 Å². The summed E-state index contributed by atoms with van der Waals surface area (Å²) in [6, 6.07) is 5.19. The Morgan fingerprint density at radius 1 is 1.38 bits per heavy atom. The van der Waals surface area contributed by atoms with Crippen molar-refractivity contribution in [3.63, 3.8) is 0 Å². The zero-order valence-corrected chi connectivity index (χ0v) is 7.42. The molecule has 13 heavy (non-hydrogen) atoms. The number of nitrogens with two attached hydrogens (primary N) is 1. The van der Waals surface area contributed by atoms with Crippen LogP contribution in [0.1, 0.15) is 5.56 Å². The number of aryl methyl sites for hydroxylation is 1. The van der Waals surface area contributed by atoms with Crippen molar-refractivity contribution in [3.8, 4) is 0 Å². The normalized spacial score (nSPS) is 11.0. The van der Waals surface area contributed by atoms with E-state index >= 15 is 0 Å². The average Bonchev–Trinajstić information content (AvgIpc) is 2.55. The largest absolute Gasteiger partial charge is 0.334 e. The van der Waals surface area contributed by atoms with Crippen LogP contribution in [-0.4, -0.2) is 4.57 Å². The predicted octanol–water partition coefficient (Wildman–Crippen LogP) is 2.01. The third-order valence-corrected chi connectivity index (χ3v) is 2.31. The molecule has 0 saturated carbocycles. The van der Waals surface area contributed by atoms with Crippen LogP contribution < -0.4 is 5.73 Å². The van der Waals surface area contributed by atoms with Crippen molar-refractivity contribution in [2.75, 3.05) is 0 Å². The highest BCUT2D eigenvalue weighted by Crippen LogP contribution is 2.21. The van der Waals surface area contributed by atoms with E-state index in [0.29, 0.717) is 12.2 Å². The van der Waals surface area contributed by atoms with Crippen LogP contribution in [-0.2, 0) is 6.67 Å². The molecule has 0 atom stereocenters. The lowest BCUT2D eigenvalue weighted by Gasteiger charge is -2.04. The Labute approximate surface area is 75.8 Å². The molecule has 1 aromatic carbocycles. The lowest BCUT2D eigenvalue weighted by atomic mass is 10.1. The van der Waals surface area contributed by atoms with E-state index in [4.69, 9.17) is 5.73 Å². The van der Waals surface area contributed by atoms with E-state index in [1.807, 2.05) is 16.8 Å². The molecule has 0 fully saturated rings. The summed E-state index contributed by atoms with van der Waals surface area (Å²) in [7, 11) is 0. The van der Waals surface area contributed by atoms with Gasteiger partial charge in [0.1, 0.15) is 5.82 Å². The Bertz CT molecular complexity index is 445. The molecule has 1 heterocycles. The molecule has 68 valence electrons. The van der Waals surface area contributed by atoms with Crippen molar-refractivity contribution < 1.29 is 4.39 Å². The molecule has 0 saturated heterocycles. The molecular weight excluding hydrogens is 167 g/mol. The number of fused-ring (bicyclic) bond motifs is 1. The lowest BCUT2D eigenvalue weighted by molar-refractivity contribution is 0.618. The van der Waals surface area contributed by atoms with Crippen LogP contribution in [0.15, 0.2) is 24.4 Å². The van der Waals surface area contributed by atoms with Gasteiger partial charge in [-0.1, -0.05) is 0 Å². The molecule has 0 bridgehead atoms. The Morgan fingerprint density at radius 3 is 2.85 bits per heavy atom. The number of hydrogen-bond donors (Lipinski definition) is 1. The van der Waals surface area contributed by atoms with Gasteiger partial charge in [-0.15, -0.1) is 0 Å². The third kappa shape index (κ3) is 1.12. The monoisotopic (exact) mass is 178 g/mol. The molecule has 2 N–H and O–H groups in total. The maximum absolute atomic E-state index is 13.2. The minimum Gasteiger partial charge on any atom is -0.334 e. The van der Waals surface area contributed by atoms with Gasteiger partial charge in [0, 0.05) is 17.1 Å². The molecule has 2 rings (SSSR count). The molecule has 1 aromatic heterocycles. The van der Waals surface area contributed by atoms with Gasteiger partial charge in [-0.3, -0.25) is 0 Å². The SMILES string of the molecule is Cc1c(F)ccc2ccn(CN)c12. The number of hydrogen-bond acceptors (Lipinski definition) is 1. The van der Waals surface area contributed by atoms with Crippen molar-refractivity contribution in [1.82, 2.24) is 4.57 Å². The first kappa shape index (κ1) is 8.26. The van der Waals surface area contributed by atoms with Crippen LogP contribution in [0.2, 0.25) is 0 Å². The van der Waals surface area contributed by atoms with Crippen LogP contribution >= 0.6 is 0 Å². The fraction of sp³-hybridized carbons (Fsp3) is 0.200. The first-order valence-electron chi connectivity index (χ1n) is 4.18. The molecule has 2 aromatic rings. The fourth-order valence-electron chi connectivity index (χ4n) is 1.61. The quantitative estimate of drug-likeness (QED) is 0.711. The summed E-state index contributed by atoms with van der Waals surface area (Å²) in [6.07, 6.45) is 1.87. The number of benzene rings is 1. The Balaban J connectivity index is 2.85. The second kappa shape index (κ2) is 2.85. The van der Waals surface area contributed by atoms with Gasteiger partial charge in [0.15, 0.2) is 0 Å². The van der Waals surface area contributed by atoms with Gasteiger partial charge in [-0.2, -0.15) is 0 Å². The van der Waals surface area contributed by atoms with Gasteiger partial charge < -0.3 is 10.3 Å². The topological polar surface area (TPSA) is 30.9 Å². The van der Waals surface area contributed by atoms with Gasteiger partial charge in [0.25, 0.3) is 0 Å². The molecule has 2 nitrogen and oxygen atoms in total. The van der Waals surface area contributed by atoms with Crippen molar-refractivity contribution in [3.05, 3.63) is 35.8 Å². The molecule has 0 amide bonds. The minimum atomic E-state index is -0.180. The second-order valence-electron chi connectivity index (χ2n) is 3.08. The highest BCUT2D eigenvalue weighted by molar-refractivity contribution is 5.83. The number of halogens is 1. The first-order valence-corrected chi connectivity index (χ1v) is 4.18. The van der Waals surface area contributed by atoms with Gasteiger partial charge in [-0.05, 0) is 25.1 Å². The number of rotatable bonds is 1. The van der Waals surface area contributed by atoms with Crippen molar-refractivity contribution in [1.29, 1.82) is 0 Å². The van der Waals surface area contributed by atoms with Crippen LogP contribution in [0.25, 0.3) is 10.9 Å². The van der Waals surface area contributed by atoms with Gasteiger partial charge in [0.2, 0.25) is 0 Å². The second-order valence-corrected chi connectivity index (χ2v) is 3.08. The van der Waals surface area contributed by atoms with Gasteiger partial charge >= 0.3 is 0 Å². The van der Waals surface area contributed by atoms with E-state index < -0.39 is 0 Å². The van der Waals surface area contributed by atoms with E-state index in [-0.39, 0.29) is 5.82 Å². The van der Waals surface area contributed by atoms with Gasteiger partial charge in [0.05, 0.1) is 12.2 Å². The minimum absolute atomic E-state index is 0.180. The zero-order chi connectivity index (χ0) is 9.42. The number of nitrogens with zero attached hydrogens (tertiary/aromatic N) is 1. The lowest BCUT2D eigenvalue weighted by Crippen LogP contribution is -2.06. The van der Waals surface area contributed by atoms with Crippen molar-refractivity contribution in [2.24, 2.45) is 5.73 Å². The molecule has 0 aliphatic rings. The molecule has 0 aliphatic carbocycles. The summed E-state index contributed by atoms with van der Waals surface area (Å²) in [5.41, 5.74) is 7.07. The first-order chi connectivity index (χ1) is 6.24. The Hall–Kier alpha value is -1.35. The summed E-state index contributed by atoms with van der Waals surface area (Å²) in [6.45, 7) is 2.15. The summed E-state index contributed by atoms with van der Waals surface area (Å²) >= 11 is 0. The summed E-state index contributed by atoms with van der Waals surface area (Å²) in [5.74, 6) is -0.180. The molecule has 0 aliphatic heterocycles. The average molecular weight is 178 g/mol. The molecule has 0 spiro atoms. The molecule has 3 heteroatoms. The maximum Gasteiger partial charge on any atom is 0.128 e.